The Morgan fingerprint density at radius 3 is 2.64 bits per heavy atom. The van der Waals surface area contributed by atoms with Gasteiger partial charge in [0.05, 0.1) is 12.3 Å². The standard InChI is InChI=1S/C18H30N4O4S.HI/c1-5-19-18(21-14(2)9-12-27(4,24)25)20-10-11-26-17-8-6-7-16(13-17)22-15(3)23;/h6-8,13-14H,5,9-12H2,1-4H3,(H,22,23)(H2,19,20,21);1H. The highest BCUT2D eigenvalue weighted by molar-refractivity contribution is 14.0. The van der Waals surface area contributed by atoms with Gasteiger partial charge in [-0.05, 0) is 32.4 Å². The Morgan fingerprint density at radius 2 is 2.04 bits per heavy atom. The topological polar surface area (TPSA) is 109 Å². The van der Waals surface area contributed by atoms with Crippen LogP contribution in [0.2, 0.25) is 0 Å². The van der Waals surface area contributed by atoms with Crippen LogP contribution in [0.15, 0.2) is 29.3 Å². The zero-order valence-electron chi connectivity index (χ0n) is 16.8. The van der Waals surface area contributed by atoms with Gasteiger partial charge in [0.15, 0.2) is 5.96 Å². The summed E-state index contributed by atoms with van der Waals surface area (Å²) in [5.74, 6) is 1.27. The zero-order valence-corrected chi connectivity index (χ0v) is 20.0. The number of rotatable bonds is 10. The number of guanidine groups is 1. The van der Waals surface area contributed by atoms with Gasteiger partial charge in [-0.15, -0.1) is 24.0 Å². The third-order valence-electron chi connectivity index (χ3n) is 3.43. The molecule has 0 saturated heterocycles. The molecule has 0 heterocycles. The van der Waals surface area contributed by atoms with E-state index in [9.17, 15) is 13.2 Å². The van der Waals surface area contributed by atoms with E-state index in [-0.39, 0.29) is 41.7 Å². The number of anilines is 1. The third kappa shape index (κ3) is 12.8. The number of benzene rings is 1. The molecule has 1 aromatic carbocycles. The van der Waals surface area contributed by atoms with Crippen molar-refractivity contribution in [2.75, 3.05) is 37.0 Å². The average Bonchev–Trinajstić information content (AvgIpc) is 2.56. The number of halogens is 1. The van der Waals surface area contributed by atoms with Gasteiger partial charge >= 0.3 is 0 Å². The van der Waals surface area contributed by atoms with Gasteiger partial charge in [0.25, 0.3) is 0 Å². The van der Waals surface area contributed by atoms with Gasteiger partial charge in [-0.1, -0.05) is 6.07 Å². The molecule has 0 aliphatic carbocycles. The third-order valence-corrected chi connectivity index (χ3v) is 4.41. The summed E-state index contributed by atoms with van der Waals surface area (Å²) >= 11 is 0. The minimum atomic E-state index is -2.98. The van der Waals surface area contributed by atoms with Crippen LogP contribution in [-0.4, -0.2) is 58.0 Å². The van der Waals surface area contributed by atoms with E-state index >= 15 is 0 Å². The highest BCUT2D eigenvalue weighted by atomic mass is 127. The lowest BCUT2D eigenvalue weighted by Gasteiger charge is -2.17. The van der Waals surface area contributed by atoms with Crippen LogP contribution >= 0.6 is 24.0 Å². The first-order valence-corrected chi connectivity index (χ1v) is 11.0. The lowest BCUT2D eigenvalue weighted by Crippen LogP contribution is -2.43. The van der Waals surface area contributed by atoms with Crippen molar-refractivity contribution in [2.24, 2.45) is 4.99 Å². The van der Waals surface area contributed by atoms with Gasteiger partial charge in [-0.25, -0.2) is 13.4 Å². The first-order valence-electron chi connectivity index (χ1n) is 8.92. The maximum atomic E-state index is 11.3. The number of amides is 1. The SMILES string of the molecule is CCNC(=NCCOc1cccc(NC(C)=O)c1)NC(C)CCS(C)(=O)=O.I. The maximum absolute atomic E-state index is 11.3. The molecule has 1 atom stereocenters. The predicted octanol–water partition coefficient (Wildman–Crippen LogP) is 2.02. The molecule has 0 bridgehead atoms. The summed E-state index contributed by atoms with van der Waals surface area (Å²) in [6, 6.07) is 7.14. The van der Waals surface area contributed by atoms with Crippen molar-refractivity contribution in [3.63, 3.8) is 0 Å². The van der Waals surface area contributed by atoms with E-state index in [4.69, 9.17) is 4.74 Å². The Labute approximate surface area is 184 Å². The summed E-state index contributed by atoms with van der Waals surface area (Å²) < 4.78 is 28.2. The molecule has 10 heteroatoms. The lowest BCUT2D eigenvalue weighted by atomic mass is 10.3. The fourth-order valence-corrected chi connectivity index (χ4v) is 2.99. The van der Waals surface area contributed by atoms with E-state index in [1.165, 1.54) is 13.2 Å². The molecule has 1 rings (SSSR count). The molecule has 1 unspecified atom stereocenters. The molecule has 0 spiro atoms. The summed E-state index contributed by atoms with van der Waals surface area (Å²) in [5, 5.41) is 9.02. The van der Waals surface area contributed by atoms with Gasteiger partial charge in [0, 0.05) is 37.5 Å². The van der Waals surface area contributed by atoms with Gasteiger partial charge in [-0.2, -0.15) is 0 Å². The van der Waals surface area contributed by atoms with E-state index in [0.29, 0.717) is 43.5 Å². The number of aliphatic imine (C=N–C) groups is 1. The Bertz CT molecular complexity index is 741. The van der Waals surface area contributed by atoms with Crippen molar-refractivity contribution < 1.29 is 17.9 Å². The van der Waals surface area contributed by atoms with Crippen molar-refractivity contribution in [1.82, 2.24) is 10.6 Å². The molecule has 160 valence electrons. The summed E-state index contributed by atoms with van der Waals surface area (Å²) in [5.41, 5.74) is 0.679. The van der Waals surface area contributed by atoms with Crippen LogP contribution in [-0.2, 0) is 14.6 Å². The van der Waals surface area contributed by atoms with Crippen LogP contribution < -0.4 is 20.7 Å². The smallest absolute Gasteiger partial charge is 0.221 e. The van der Waals surface area contributed by atoms with E-state index in [0.717, 1.165) is 0 Å². The summed E-state index contributed by atoms with van der Waals surface area (Å²) in [6.45, 7) is 6.83. The lowest BCUT2D eigenvalue weighted by molar-refractivity contribution is -0.114. The quantitative estimate of drug-likeness (QED) is 0.186. The molecular weight excluding hydrogens is 495 g/mol. The van der Waals surface area contributed by atoms with E-state index in [1.54, 1.807) is 18.2 Å². The van der Waals surface area contributed by atoms with Crippen LogP contribution in [0.5, 0.6) is 5.75 Å². The van der Waals surface area contributed by atoms with Gasteiger partial charge in [0.2, 0.25) is 5.91 Å². The van der Waals surface area contributed by atoms with Crippen LogP contribution in [0, 0.1) is 0 Å². The Balaban J connectivity index is 0.00000729. The summed E-state index contributed by atoms with van der Waals surface area (Å²) in [7, 11) is -2.98. The van der Waals surface area contributed by atoms with Crippen molar-refractivity contribution in [1.29, 1.82) is 0 Å². The minimum absolute atomic E-state index is 0. The fraction of sp³-hybridized carbons (Fsp3) is 0.556. The molecule has 28 heavy (non-hydrogen) atoms. The summed E-state index contributed by atoms with van der Waals surface area (Å²) in [4.78, 5) is 15.5. The van der Waals surface area contributed by atoms with Gasteiger partial charge in [0.1, 0.15) is 22.2 Å². The van der Waals surface area contributed by atoms with Crippen LogP contribution in [0.1, 0.15) is 27.2 Å². The number of hydrogen-bond donors (Lipinski definition) is 3. The van der Waals surface area contributed by atoms with Gasteiger partial charge in [-0.3, -0.25) is 4.79 Å². The number of nitrogens with zero attached hydrogens (tertiary/aromatic N) is 1. The van der Waals surface area contributed by atoms with Gasteiger partial charge < -0.3 is 20.7 Å². The van der Waals surface area contributed by atoms with Crippen LogP contribution in [0.3, 0.4) is 0 Å². The van der Waals surface area contributed by atoms with E-state index in [1.807, 2.05) is 19.9 Å². The van der Waals surface area contributed by atoms with E-state index in [2.05, 4.69) is 20.9 Å². The largest absolute Gasteiger partial charge is 0.492 e. The van der Waals surface area contributed by atoms with Crippen LogP contribution in [0.25, 0.3) is 0 Å². The van der Waals surface area contributed by atoms with Crippen molar-refractivity contribution in [3.8, 4) is 5.75 Å². The van der Waals surface area contributed by atoms with Crippen molar-refractivity contribution in [2.45, 2.75) is 33.2 Å². The number of sulfone groups is 1. The number of nitrogens with one attached hydrogen (secondary N) is 3. The molecule has 0 aromatic heterocycles. The number of carbonyl (C=O) groups is 1. The second-order valence-corrected chi connectivity index (χ2v) is 8.54. The Morgan fingerprint density at radius 1 is 1.32 bits per heavy atom. The molecule has 1 aromatic rings. The Kier molecular flexibility index (Phi) is 12.8. The fourth-order valence-electron chi connectivity index (χ4n) is 2.20. The number of carbonyl (C=O) groups excluding carboxylic acids is 1. The van der Waals surface area contributed by atoms with Crippen LogP contribution in [0.4, 0.5) is 5.69 Å². The highest BCUT2D eigenvalue weighted by Gasteiger charge is 2.09. The van der Waals surface area contributed by atoms with Crippen molar-refractivity contribution >= 4 is 51.4 Å². The molecule has 0 aliphatic rings. The minimum Gasteiger partial charge on any atom is -0.492 e. The average molecular weight is 526 g/mol. The Hall–Kier alpha value is -1.56. The number of hydrogen-bond acceptors (Lipinski definition) is 5. The highest BCUT2D eigenvalue weighted by Crippen LogP contribution is 2.17. The number of ether oxygens (including phenoxy) is 1. The maximum Gasteiger partial charge on any atom is 0.221 e. The molecular formula is C18H31IN4O4S. The molecule has 0 radical (unpaired) electrons. The zero-order chi connectivity index (χ0) is 20.3. The molecule has 0 aliphatic heterocycles. The molecule has 0 saturated carbocycles. The first-order chi connectivity index (χ1) is 12.7. The molecule has 0 fully saturated rings. The second-order valence-electron chi connectivity index (χ2n) is 6.28. The molecule has 1 amide bonds. The monoisotopic (exact) mass is 526 g/mol. The molecule has 3 N–H and O–H groups in total. The second kappa shape index (κ2) is 13.6. The molecule has 8 nitrogen and oxygen atoms in total. The predicted molar refractivity (Wildman–Crippen MR) is 125 cm³/mol. The summed E-state index contributed by atoms with van der Waals surface area (Å²) in [6.07, 6.45) is 1.74. The van der Waals surface area contributed by atoms with Crippen molar-refractivity contribution in [3.05, 3.63) is 24.3 Å². The normalized spacial score (nSPS) is 12.5. The first kappa shape index (κ1) is 26.4. The van der Waals surface area contributed by atoms with E-state index < -0.39 is 9.84 Å².